The monoisotopic (exact) mass is 289 g/mol. The number of benzene rings is 2. The van der Waals surface area contributed by atoms with E-state index in [9.17, 15) is 14.0 Å². The molecule has 2 rings (SSSR count). The fraction of sp³-hybridized carbons (Fsp3) is 0.0667. The van der Waals surface area contributed by atoms with E-state index in [-0.39, 0.29) is 18.0 Å². The molecule has 1 amide bonds. The van der Waals surface area contributed by atoms with E-state index in [1.165, 1.54) is 48.5 Å². The predicted octanol–water partition coefficient (Wildman–Crippen LogP) is 2.54. The Hall–Kier alpha value is -2.89. The van der Waals surface area contributed by atoms with Gasteiger partial charge < -0.3 is 15.2 Å². The number of carbonyl (C=O) groups is 2. The molecule has 0 saturated heterocycles. The summed E-state index contributed by atoms with van der Waals surface area (Å²) in [5, 5.41) is 11.3. The number of carboxylic acid groups (broad SMARTS) is 1. The second kappa shape index (κ2) is 6.51. The van der Waals surface area contributed by atoms with Crippen LogP contribution in [-0.4, -0.2) is 23.6 Å². The van der Waals surface area contributed by atoms with Gasteiger partial charge in [0, 0.05) is 5.69 Å². The molecule has 0 atom stereocenters. The zero-order chi connectivity index (χ0) is 15.2. The number of rotatable bonds is 5. The van der Waals surface area contributed by atoms with E-state index in [2.05, 4.69) is 5.32 Å². The van der Waals surface area contributed by atoms with Crippen molar-refractivity contribution in [3.05, 3.63) is 59.9 Å². The number of ether oxygens (including phenoxy) is 1. The number of hydrogen-bond acceptors (Lipinski definition) is 3. The van der Waals surface area contributed by atoms with Gasteiger partial charge >= 0.3 is 5.97 Å². The third-order valence-electron chi connectivity index (χ3n) is 2.60. The summed E-state index contributed by atoms with van der Waals surface area (Å²) in [5.74, 6) is -1.43. The van der Waals surface area contributed by atoms with E-state index in [1.54, 1.807) is 0 Å². The third-order valence-corrected chi connectivity index (χ3v) is 2.60. The van der Waals surface area contributed by atoms with Gasteiger partial charge in [-0.05, 0) is 48.5 Å². The molecule has 0 aromatic heterocycles. The van der Waals surface area contributed by atoms with E-state index >= 15 is 0 Å². The molecule has 0 aliphatic heterocycles. The summed E-state index contributed by atoms with van der Waals surface area (Å²) in [6.07, 6.45) is 0. The maximum absolute atomic E-state index is 12.7. The fourth-order valence-electron chi connectivity index (χ4n) is 1.57. The standard InChI is InChI=1S/C15H12FNO4/c16-11-3-5-12(6-4-11)17-14(18)9-21-13-7-1-10(2-8-13)15(19)20/h1-8H,9H2,(H,17,18)(H,19,20). The second-order valence-corrected chi connectivity index (χ2v) is 4.17. The maximum atomic E-state index is 12.7. The summed E-state index contributed by atoms with van der Waals surface area (Å²) in [6, 6.07) is 11.1. The first kappa shape index (κ1) is 14.5. The van der Waals surface area contributed by atoms with Crippen LogP contribution < -0.4 is 10.1 Å². The highest BCUT2D eigenvalue weighted by Gasteiger charge is 2.05. The molecule has 0 aliphatic carbocycles. The molecule has 0 heterocycles. The first-order chi connectivity index (χ1) is 10.0. The molecule has 21 heavy (non-hydrogen) atoms. The van der Waals surface area contributed by atoms with Gasteiger partial charge in [0.05, 0.1) is 5.56 Å². The van der Waals surface area contributed by atoms with Crippen LogP contribution in [0.1, 0.15) is 10.4 Å². The zero-order valence-electron chi connectivity index (χ0n) is 10.9. The highest BCUT2D eigenvalue weighted by Crippen LogP contribution is 2.12. The van der Waals surface area contributed by atoms with E-state index in [0.29, 0.717) is 11.4 Å². The Kier molecular flexibility index (Phi) is 4.50. The quantitative estimate of drug-likeness (QED) is 0.887. The number of aromatic carboxylic acids is 1. The van der Waals surface area contributed by atoms with Gasteiger partial charge in [0.15, 0.2) is 6.61 Å². The molecule has 6 heteroatoms. The van der Waals surface area contributed by atoms with Crippen molar-refractivity contribution in [3.8, 4) is 5.75 Å². The number of anilines is 1. The van der Waals surface area contributed by atoms with Gasteiger partial charge in [-0.1, -0.05) is 0 Å². The molecule has 0 spiro atoms. The Bertz CT molecular complexity index is 638. The first-order valence-electron chi connectivity index (χ1n) is 6.06. The van der Waals surface area contributed by atoms with E-state index in [4.69, 9.17) is 9.84 Å². The van der Waals surface area contributed by atoms with Gasteiger partial charge in [-0.2, -0.15) is 0 Å². The lowest BCUT2D eigenvalue weighted by Gasteiger charge is -2.07. The van der Waals surface area contributed by atoms with Crippen molar-refractivity contribution in [1.82, 2.24) is 0 Å². The molecular formula is C15H12FNO4. The Balaban J connectivity index is 1.86. The van der Waals surface area contributed by atoms with Gasteiger partial charge in [-0.25, -0.2) is 9.18 Å². The molecule has 2 aromatic rings. The molecule has 0 saturated carbocycles. The SMILES string of the molecule is O=C(COc1ccc(C(=O)O)cc1)Nc1ccc(F)cc1. The van der Waals surface area contributed by atoms with Crippen molar-refractivity contribution in [1.29, 1.82) is 0 Å². The van der Waals surface area contributed by atoms with Crippen LogP contribution >= 0.6 is 0 Å². The number of carbonyl (C=O) groups excluding carboxylic acids is 1. The molecule has 0 unspecified atom stereocenters. The minimum atomic E-state index is -1.03. The van der Waals surface area contributed by atoms with Crippen molar-refractivity contribution >= 4 is 17.6 Å². The van der Waals surface area contributed by atoms with Gasteiger partial charge in [0.25, 0.3) is 5.91 Å². The van der Waals surface area contributed by atoms with Crippen LogP contribution in [0, 0.1) is 5.82 Å². The zero-order valence-corrected chi connectivity index (χ0v) is 10.9. The first-order valence-corrected chi connectivity index (χ1v) is 6.06. The Morgan fingerprint density at radius 1 is 1.05 bits per heavy atom. The molecule has 5 nitrogen and oxygen atoms in total. The van der Waals surface area contributed by atoms with Crippen LogP contribution in [0.15, 0.2) is 48.5 Å². The molecule has 2 aromatic carbocycles. The average Bonchev–Trinajstić information content (AvgIpc) is 2.48. The third kappa shape index (κ3) is 4.31. The summed E-state index contributed by atoms with van der Waals surface area (Å²) in [5.41, 5.74) is 0.601. The normalized spacial score (nSPS) is 9.95. The van der Waals surface area contributed by atoms with Gasteiger partial charge in [-0.15, -0.1) is 0 Å². The van der Waals surface area contributed by atoms with Crippen LogP contribution in [0.2, 0.25) is 0 Å². The molecule has 108 valence electrons. The topological polar surface area (TPSA) is 75.6 Å². The average molecular weight is 289 g/mol. The molecule has 0 radical (unpaired) electrons. The van der Waals surface area contributed by atoms with Crippen molar-refractivity contribution in [2.24, 2.45) is 0 Å². The fourth-order valence-corrected chi connectivity index (χ4v) is 1.57. The van der Waals surface area contributed by atoms with Crippen LogP contribution in [-0.2, 0) is 4.79 Å². The van der Waals surface area contributed by atoms with E-state index in [1.807, 2.05) is 0 Å². The summed E-state index contributed by atoms with van der Waals surface area (Å²) in [4.78, 5) is 22.3. The highest BCUT2D eigenvalue weighted by molar-refractivity contribution is 5.91. The molecule has 0 bridgehead atoms. The van der Waals surface area contributed by atoms with Crippen molar-refractivity contribution in [2.45, 2.75) is 0 Å². The highest BCUT2D eigenvalue weighted by atomic mass is 19.1. The van der Waals surface area contributed by atoms with Gasteiger partial charge in [0.1, 0.15) is 11.6 Å². The predicted molar refractivity (Wildman–Crippen MR) is 73.9 cm³/mol. The minimum absolute atomic E-state index is 0.137. The van der Waals surface area contributed by atoms with E-state index < -0.39 is 11.9 Å². The number of carboxylic acids is 1. The summed E-state index contributed by atoms with van der Waals surface area (Å²) in [7, 11) is 0. The largest absolute Gasteiger partial charge is 0.484 e. The van der Waals surface area contributed by atoms with Crippen LogP contribution in [0.4, 0.5) is 10.1 Å². The molecular weight excluding hydrogens is 277 g/mol. The lowest BCUT2D eigenvalue weighted by Crippen LogP contribution is -2.20. The van der Waals surface area contributed by atoms with E-state index in [0.717, 1.165) is 0 Å². The maximum Gasteiger partial charge on any atom is 0.335 e. The smallest absolute Gasteiger partial charge is 0.335 e. The van der Waals surface area contributed by atoms with Crippen LogP contribution in [0.5, 0.6) is 5.75 Å². The van der Waals surface area contributed by atoms with Crippen molar-refractivity contribution < 1.29 is 23.8 Å². The molecule has 0 aliphatic rings. The summed E-state index contributed by atoms with van der Waals surface area (Å²) in [6.45, 7) is -0.232. The lowest BCUT2D eigenvalue weighted by molar-refractivity contribution is -0.118. The summed E-state index contributed by atoms with van der Waals surface area (Å²) >= 11 is 0. The summed E-state index contributed by atoms with van der Waals surface area (Å²) < 4.78 is 17.9. The van der Waals surface area contributed by atoms with Crippen LogP contribution in [0.3, 0.4) is 0 Å². The minimum Gasteiger partial charge on any atom is -0.484 e. The lowest BCUT2D eigenvalue weighted by atomic mass is 10.2. The molecule has 0 fully saturated rings. The van der Waals surface area contributed by atoms with Gasteiger partial charge in [-0.3, -0.25) is 4.79 Å². The van der Waals surface area contributed by atoms with Gasteiger partial charge in [0.2, 0.25) is 0 Å². The second-order valence-electron chi connectivity index (χ2n) is 4.17. The number of hydrogen-bond donors (Lipinski definition) is 2. The molecule has 2 N–H and O–H groups in total. The Morgan fingerprint density at radius 3 is 2.24 bits per heavy atom. The van der Waals surface area contributed by atoms with Crippen molar-refractivity contribution in [2.75, 3.05) is 11.9 Å². The van der Waals surface area contributed by atoms with Crippen LogP contribution in [0.25, 0.3) is 0 Å². The number of nitrogens with one attached hydrogen (secondary N) is 1. The number of halogens is 1. The van der Waals surface area contributed by atoms with Crippen molar-refractivity contribution in [3.63, 3.8) is 0 Å². The number of amides is 1. The Labute approximate surface area is 120 Å². The Morgan fingerprint density at radius 2 is 1.67 bits per heavy atom.